The van der Waals surface area contributed by atoms with Crippen LogP contribution in [0.3, 0.4) is 0 Å². The summed E-state index contributed by atoms with van der Waals surface area (Å²) in [6.45, 7) is 7.44. The lowest BCUT2D eigenvalue weighted by Gasteiger charge is -2.15. The van der Waals surface area contributed by atoms with Crippen LogP contribution in [0.25, 0.3) is 0 Å². The zero-order chi connectivity index (χ0) is 16.3. The second kappa shape index (κ2) is 6.52. The third-order valence-electron chi connectivity index (χ3n) is 3.68. The molecule has 0 radical (unpaired) electrons. The minimum atomic E-state index is -0.832. The van der Waals surface area contributed by atoms with Crippen LogP contribution in [-0.2, 0) is 4.74 Å². The summed E-state index contributed by atoms with van der Waals surface area (Å²) in [5, 5.41) is 0. The Morgan fingerprint density at radius 2 is 1.59 bits per heavy atom. The first-order valence-corrected chi connectivity index (χ1v) is 7.13. The molecule has 1 aromatic carbocycles. The van der Waals surface area contributed by atoms with Gasteiger partial charge in [0.15, 0.2) is 6.10 Å². The van der Waals surface area contributed by atoms with E-state index in [4.69, 9.17) is 4.74 Å². The van der Waals surface area contributed by atoms with Crippen molar-refractivity contribution in [3.63, 3.8) is 0 Å². The molecule has 2 aromatic rings. The molecule has 0 aliphatic carbocycles. The number of Topliss-reactive ketones (excluding diaryl/α,β-unsaturated/α-hetero) is 1. The summed E-state index contributed by atoms with van der Waals surface area (Å²) >= 11 is 0. The van der Waals surface area contributed by atoms with Crippen molar-refractivity contribution in [3.05, 3.63) is 64.5 Å². The van der Waals surface area contributed by atoms with Crippen molar-refractivity contribution in [3.8, 4) is 0 Å². The lowest BCUT2D eigenvalue weighted by atomic mass is 9.96. The zero-order valence-corrected chi connectivity index (χ0v) is 13.2. The van der Waals surface area contributed by atoms with Crippen molar-refractivity contribution in [2.45, 2.75) is 33.8 Å². The lowest BCUT2D eigenvalue weighted by Crippen LogP contribution is -2.25. The number of ketones is 1. The molecule has 0 aliphatic rings. The number of carbonyl (C=O) groups excluding carboxylic acids is 2. The molecule has 2 rings (SSSR count). The van der Waals surface area contributed by atoms with E-state index in [9.17, 15) is 9.59 Å². The molecule has 1 heterocycles. The molecule has 1 aromatic heterocycles. The molecule has 114 valence electrons. The number of hydrogen-bond acceptors (Lipinski definition) is 4. The monoisotopic (exact) mass is 297 g/mol. The standard InChI is InChI=1S/C18H19NO3/c1-11-9-13(3)16(10-12(11)2)17(20)14(4)22-18(21)15-5-7-19-8-6-15/h5-10,14H,1-4H3/t14-/m1/s1. The van der Waals surface area contributed by atoms with Gasteiger partial charge in [0.1, 0.15) is 0 Å². The Bertz CT molecular complexity index is 708. The summed E-state index contributed by atoms with van der Waals surface area (Å²) < 4.78 is 5.26. The van der Waals surface area contributed by atoms with E-state index in [1.807, 2.05) is 32.9 Å². The highest BCUT2D eigenvalue weighted by molar-refractivity contribution is 6.02. The van der Waals surface area contributed by atoms with Crippen LogP contribution < -0.4 is 0 Å². The SMILES string of the molecule is Cc1cc(C)c(C(=O)[C@@H](C)OC(=O)c2ccncc2)cc1C. The number of aromatic nitrogens is 1. The van der Waals surface area contributed by atoms with Gasteiger partial charge in [-0.25, -0.2) is 4.79 Å². The van der Waals surface area contributed by atoms with E-state index in [0.717, 1.165) is 16.7 Å². The fourth-order valence-corrected chi connectivity index (χ4v) is 2.22. The van der Waals surface area contributed by atoms with Crippen molar-refractivity contribution >= 4 is 11.8 Å². The second-order valence-corrected chi connectivity index (χ2v) is 5.40. The Balaban J connectivity index is 2.16. The van der Waals surface area contributed by atoms with Gasteiger partial charge in [0, 0.05) is 18.0 Å². The Hall–Kier alpha value is -2.49. The van der Waals surface area contributed by atoms with Gasteiger partial charge < -0.3 is 4.74 Å². The fourth-order valence-electron chi connectivity index (χ4n) is 2.22. The first kappa shape index (κ1) is 15.9. The van der Waals surface area contributed by atoms with Gasteiger partial charge in [-0.3, -0.25) is 9.78 Å². The molecule has 0 bridgehead atoms. The van der Waals surface area contributed by atoms with Gasteiger partial charge >= 0.3 is 5.97 Å². The quantitative estimate of drug-likeness (QED) is 0.641. The van der Waals surface area contributed by atoms with Gasteiger partial charge in [-0.05, 0) is 62.6 Å². The Morgan fingerprint density at radius 1 is 1.00 bits per heavy atom. The highest BCUT2D eigenvalue weighted by Gasteiger charge is 2.22. The van der Waals surface area contributed by atoms with E-state index in [1.165, 1.54) is 12.4 Å². The molecule has 0 aliphatic heterocycles. The molecule has 0 N–H and O–H groups in total. The van der Waals surface area contributed by atoms with Crippen LogP contribution in [-0.4, -0.2) is 22.8 Å². The van der Waals surface area contributed by atoms with Gasteiger partial charge in [-0.15, -0.1) is 0 Å². The Labute approximate surface area is 130 Å². The van der Waals surface area contributed by atoms with Crippen LogP contribution in [0.4, 0.5) is 0 Å². The maximum Gasteiger partial charge on any atom is 0.338 e. The van der Waals surface area contributed by atoms with Crippen LogP contribution in [0.15, 0.2) is 36.7 Å². The van der Waals surface area contributed by atoms with Crippen LogP contribution in [0.2, 0.25) is 0 Å². The molecule has 4 heteroatoms. The Morgan fingerprint density at radius 3 is 2.23 bits per heavy atom. The average Bonchev–Trinajstić information content (AvgIpc) is 2.51. The van der Waals surface area contributed by atoms with Crippen LogP contribution in [0.5, 0.6) is 0 Å². The van der Waals surface area contributed by atoms with E-state index in [2.05, 4.69) is 4.98 Å². The average molecular weight is 297 g/mol. The predicted molar refractivity (Wildman–Crippen MR) is 84.1 cm³/mol. The number of benzene rings is 1. The van der Waals surface area contributed by atoms with Crippen LogP contribution in [0.1, 0.15) is 44.3 Å². The van der Waals surface area contributed by atoms with Gasteiger partial charge in [0.2, 0.25) is 5.78 Å². The molecular weight excluding hydrogens is 278 g/mol. The summed E-state index contributed by atoms with van der Waals surface area (Å²) in [7, 11) is 0. The van der Waals surface area contributed by atoms with Gasteiger partial charge in [0.05, 0.1) is 5.56 Å². The number of hydrogen-bond donors (Lipinski definition) is 0. The third kappa shape index (κ3) is 3.39. The summed E-state index contributed by atoms with van der Waals surface area (Å²) in [6, 6.07) is 6.94. The Kier molecular flexibility index (Phi) is 4.71. The van der Waals surface area contributed by atoms with Crippen molar-refractivity contribution in [1.82, 2.24) is 4.98 Å². The first-order chi connectivity index (χ1) is 10.4. The molecule has 0 saturated carbocycles. The predicted octanol–water partition coefficient (Wildman–Crippen LogP) is 3.44. The van der Waals surface area contributed by atoms with Gasteiger partial charge in [-0.1, -0.05) is 6.07 Å². The molecule has 0 amide bonds. The first-order valence-electron chi connectivity index (χ1n) is 7.13. The number of carbonyl (C=O) groups is 2. The minimum absolute atomic E-state index is 0.192. The smallest absolute Gasteiger partial charge is 0.338 e. The summed E-state index contributed by atoms with van der Waals surface area (Å²) in [5.74, 6) is -0.715. The zero-order valence-electron chi connectivity index (χ0n) is 13.2. The fraction of sp³-hybridized carbons (Fsp3) is 0.278. The van der Waals surface area contributed by atoms with E-state index >= 15 is 0 Å². The largest absolute Gasteiger partial charge is 0.451 e. The van der Waals surface area contributed by atoms with Crippen molar-refractivity contribution in [2.75, 3.05) is 0 Å². The molecule has 1 atom stereocenters. The molecule has 0 fully saturated rings. The minimum Gasteiger partial charge on any atom is -0.451 e. The number of pyridine rings is 1. The molecule has 4 nitrogen and oxygen atoms in total. The number of nitrogens with zero attached hydrogens (tertiary/aromatic N) is 1. The van der Waals surface area contributed by atoms with E-state index < -0.39 is 12.1 Å². The number of esters is 1. The molecule has 22 heavy (non-hydrogen) atoms. The topological polar surface area (TPSA) is 56.3 Å². The van der Waals surface area contributed by atoms with Gasteiger partial charge in [0.25, 0.3) is 0 Å². The molecule has 0 spiro atoms. The van der Waals surface area contributed by atoms with Crippen LogP contribution in [0, 0.1) is 20.8 Å². The number of aryl methyl sites for hydroxylation is 3. The summed E-state index contributed by atoms with van der Waals surface area (Å²) in [4.78, 5) is 28.3. The van der Waals surface area contributed by atoms with Crippen LogP contribution >= 0.6 is 0 Å². The van der Waals surface area contributed by atoms with Crippen molar-refractivity contribution in [1.29, 1.82) is 0 Å². The maximum atomic E-state index is 12.5. The summed E-state index contributed by atoms with van der Waals surface area (Å²) in [5.41, 5.74) is 4.04. The second-order valence-electron chi connectivity index (χ2n) is 5.40. The highest BCUT2D eigenvalue weighted by Crippen LogP contribution is 2.18. The molecule has 0 unspecified atom stereocenters. The highest BCUT2D eigenvalue weighted by atomic mass is 16.5. The number of rotatable bonds is 4. The van der Waals surface area contributed by atoms with E-state index in [-0.39, 0.29) is 5.78 Å². The number of ether oxygens (including phenoxy) is 1. The van der Waals surface area contributed by atoms with Crippen molar-refractivity contribution < 1.29 is 14.3 Å². The van der Waals surface area contributed by atoms with E-state index in [0.29, 0.717) is 11.1 Å². The third-order valence-corrected chi connectivity index (χ3v) is 3.68. The summed E-state index contributed by atoms with van der Waals surface area (Å²) in [6.07, 6.45) is 2.19. The molecular formula is C18H19NO3. The van der Waals surface area contributed by atoms with E-state index in [1.54, 1.807) is 19.1 Å². The lowest BCUT2D eigenvalue weighted by molar-refractivity contribution is 0.0318. The van der Waals surface area contributed by atoms with Gasteiger partial charge in [-0.2, -0.15) is 0 Å². The maximum absolute atomic E-state index is 12.5. The normalized spacial score (nSPS) is 11.8. The van der Waals surface area contributed by atoms with Crippen molar-refractivity contribution in [2.24, 2.45) is 0 Å². The molecule has 0 saturated heterocycles.